The Hall–Kier alpha value is -1.29. The first kappa shape index (κ1) is 18.1. The van der Waals surface area contributed by atoms with Crippen molar-refractivity contribution in [3.8, 4) is 11.5 Å². The Balaban J connectivity index is 1.88. The minimum absolute atomic E-state index is 0.00262. The Morgan fingerprint density at radius 3 is 1.46 bits per heavy atom. The number of aromatic hydroxyl groups is 2. The van der Waals surface area contributed by atoms with Crippen molar-refractivity contribution in [3.05, 3.63) is 53.7 Å². The average Bonchev–Trinajstić information content (AvgIpc) is 3.23. The van der Waals surface area contributed by atoms with Gasteiger partial charge in [0.05, 0.1) is 8.95 Å². The summed E-state index contributed by atoms with van der Waals surface area (Å²) in [7, 11) is 0. The molecule has 0 atom stereocenters. The van der Waals surface area contributed by atoms with E-state index in [1.54, 1.807) is 12.1 Å². The molecule has 26 heavy (non-hydrogen) atoms. The SMILES string of the molecule is O=C(c1cc2c(Br)cc(Br)c(O)c2o1)c1cc2c(Br)cc(Br)c(O)c2o1. The fraction of sp³-hybridized carbons (Fsp3) is 0. The zero-order valence-electron chi connectivity index (χ0n) is 12.4. The third kappa shape index (κ3) is 2.72. The first-order chi connectivity index (χ1) is 12.3. The van der Waals surface area contributed by atoms with Crippen molar-refractivity contribution in [2.45, 2.75) is 0 Å². The number of halogens is 4. The number of fused-ring (bicyclic) bond motifs is 2. The molecule has 132 valence electrons. The van der Waals surface area contributed by atoms with E-state index in [0.717, 1.165) is 0 Å². The second kappa shape index (κ2) is 6.40. The Labute approximate surface area is 179 Å². The van der Waals surface area contributed by atoms with Gasteiger partial charge >= 0.3 is 0 Å². The van der Waals surface area contributed by atoms with Gasteiger partial charge in [0.15, 0.2) is 34.2 Å². The molecule has 0 bridgehead atoms. The highest BCUT2D eigenvalue weighted by Crippen LogP contribution is 2.42. The standard InChI is InChI=1S/C17H6Br4O5/c18-7-3-9(20)13(22)16-5(7)1-11(25-16)15(24)12-2-6-8(19)4-10(21)14(23)17(6)26-12/h1-4,22-23H. The van der Waals surface area contributed by atoms with Gasteiger partial charge < -0.3 is 19.0 Å². The smallest absolute Gasteiger partial charge is 0.263 e. The van der Waals surface area contributed by atoms with Gasteiger partial charge in [0, 0.05) is 19.7 Å². The van der Waals surface area contributed by atoms with Gasteiger partial charge in [0.1, 0.15) is 0 Å². The number of phenols is 2. The van der Waals surface area contributed by atoms with Crippen LogP contribution in [0.3, 0.4) is 0 Å². The molecule has 0 saturated carbocycles. The average molecular weight is 610 g/mol. The summed E-state index contributed by atoms with van der Waals surface area (Å²) in [5.74, 6) is -0.708. The highest BCUT2D eigenvalue weighted by molar-refractivity contribution is 9.11. The van der Waals surface area contributed by atoms with E-state index in [2.05, 4.69) is 63.7 Å². The lowest BCUT2D eigenvalue weighted by Gasteiger charge is -1.99. The summed E-state index contributed by atoms with van der Waals surface area (Å²) in [6.45, 7) is 0. The van der Waals surface area contributed by atoms with Gasteiger partial charge in [-0.25, -0.2) is 0 Å². The van der Waals surface area contributed by atoms with Gasteiger partial charge in [-0.3, -0.25) is 4.79 Å². The maximum atomic E-state index is 12.8. The molecule has 4 aromatic rings. The highest BCUT2D eigenvalue weighted by atomic mass is 79.9. The van der Waals surface area contributed by atoms with Crippen LogP contribution in [0.2, 0.25) is 0 Å². The van der Waals surface area contributed by atoms with Crippen molar-refractivity contribution in [1.29, 1.82) is 0 Å². The molecule has 0 aliphatic rings. The van der Waals surface area contributed by atoms with Gasteiger partial charge in [-0.2, -0.15) is 0 Å². The molecule has 4 rings (SSSR count). The monoisotopic (exact) mass is 606 g/mol. The van der Waals surface area contributed by atoms with Gasteiger partial charge in [-0.15, -0.1) is 0 Å². The number of hydrogen-bond donors (Lipinski definition) is 2. The molecule has 5 nitrogen and oxygen atoms in total. The second-order valence-corrected chi connectivity index (χ2v) is 8.83. The van der Waals surface area contributed by atoms with E-state index in [9.17, 15) is 15.0 Å². The Kier molecular flexibility index (Phi) is 4.45. The first-order valence-corrected chi connectivity index (χ1v) is 10.2. The molecule has 0 fully saturated rings. The van der Waals surface area contributed by atoms with Crippen molar-refractivity contribution in [1.82, 2.24) is 0 Å². The third-order valence-corrected chi connectivity index (χ3v) is 6.34. The molecule has 0 aliphatic heterocycles. The maximum absolute atomic E-state index is 12.8. The molecule has 0 unspecified atom stereocenters. The molecular weight excluding hydrogens is 604 g/mol. The van der Waals surface area contributed by atoms with Crippen LogP contribution in [-0.2, 0) is 0 Å². The highest BCUT2D eigenvalue weighted by Gasteiger charge is 2.24. The van der Waals surface area contributed by atoms with Gasteiger partial charge in [-0.05, 0) is 88.0 Å². The van der Waals surface area contributed by atoms with Crippen LogP contribution in [0, 0.1) is 0 Å². The van der Waals surface area contributed by atoms with Crippen LogP contribution in [0.5, 0.6) is 11.5 Å². The molecule has 2 heterocycles. The molecule has 2 aromatic heterocycles. The molecule has 0 amide bonds. The quantitative estimate of drug-likeness (QED) is 0.242. The molecule has 0 aliphatic carbocycles. The zero-order valence-corrected chi connectivity index (χ0v) is 18.8. The lowest BCUT2D eigenvalue weighted by atomic mass is 10.2. The lowest BCUT2D eigenvalue weighted by molar-refractivity contribution is 0.0987. The van der Waals surface area contributed by atoms with Crippen molar-refractivity contribution in [3.63, 3.8) is 0 Å². The fourth-order valence-corrected chi connectivity index (χ4v) is 5.04. The number of hydrogen-bond acceptors (Lipinski definition) is 5. The molecular formula is C17H6Br4O5. The lowest BCUT2D eigenvalue weighted by Crippen LogP contribution is -1.96. The second-order valence-electron chi connectivity index (χ2n) is 5.41. The number of carbonyl (C=O) groups excluding carboxylic acids is 1. The first-order valence-electron chi connectivity index (χ1n) is 7.03. The normalized spacial score (nSPS) is 11.5. The van der Waals surface area contributed by atoms with E-state index in [-0.39, 0.29) is 34.2 Å². The van der Waals surface area contributed by atoms with Gasteiger partial charge in [0.25, 0.3) is 5.78 Å². The number of benzene rings is 2. The number of rotatable bonds is 2. The van der Waals surface area contributed by atoms with Crippen LogP contribution in [0.1, 0.15) is 16.3 Å². The summed E-state index contributed by atoms with van der Waals surface area (Å²) in [6, 6.07) is 6.36. The number of phenolic OH excluding ortho intramolecular Hbond substituents is 2. The van der Waals surface area contributed by atoms with Crippen LogP contribution >= 0.6 is 63.7 Å². The minimum Gasteiger partial charge on any atom is -0.503 e. The largest absolute Gasteiger partial charge is 0.503 e. The third-order valence-electron chi connectivity index (χ3n) is 3.82. The van der Waals surface area contributed by atoms with Crippen LogP contribution < -0.4 is 0 Å². The topological polar surface area (TPSA) is 83.8 Å². The van der Waals surface area contributed by atoms with Crippen LogP contribution in [0.25, 0.3) is 21.9 Å². The fourth-order valence-electron chi connectivity index (χ4n) is 2.57. The van der Waals surface area contributed by atoms with Gasteiger partial charge in [0.2, 0.25) is 0 Å². The van der Waals surface area contributed by atoms with Crippen molar-refractivity contribution < 1.29 is 23.8 Å². The van der Waals surface area contributed by atoms with E-state index >= 15 is 0 Å². The molecule has 0 spiro atoms. The minimum atomic E-state index is -0.512. The molecule has 0 radical (unpaired) electrons. The Morgan fingerprint density at radius 2 is 1.08 bits per heavy atom. The van der Waals surface area contributed by atoms with E-state index in [0.29, 0.717) is 28.7 Å². The summed E-state index contributed by atoms with van der Waals surface area (Å²) < 4.78 is 13.3. The summed E-state index contributed by atoms with van der Waals surface area (Å²) in [6.07, 6.45) is 0. The van der Waals surface area contributed by atoms with Gasteiger partial charge in [-0.1, -0.05) is 0 Å². The van der Waals surface area contributed by atoms with E-state index in [4.69, 9.17) is 8.83 Å². The molecule has 0 saturated heterocycles. The van der Waals surface area contributed by atoms with E-state index in [1.165, 1.54) is 12.1 Å². The molecule has 2 aromatic carbocycles. The number of ketones is 1. The summed E-state index contributed by atoms with van der Waals surface area (Å²) in [5.41, 5.74) is 0.356. The van der Waals surface area contributed by atoms with Crippen molar-refractivity contribution in [2.75, 3.05) is 0 Å². The summed E-state index contributed by atoms with van der Waals surface area (Å²) >= 11 is 13.2. The van der Waals surface area contributed by atoms with Crippen molar-refractivity contribution >= 4 is 91.4 Å². The summed E-state index contributed by atoms with van der Waals surface area (Å²) in [5, 5.41) is 21.4. The van der Waals surface area contributed by atoms with Crippen LogP contribution in [-0.4, -0.2) is 16.0 Å². The Morgan fingerprint density at radius 1 is 0.692 bits per heavy atom. The predicted molar refractivity (Wildman–Crippen MR) is 110 cm³/mol. The maximum Gasteiger partial charge on any atom is 0.263 e. The van der Waals surface area contributed by atoms with E-state index in [1.807, 2.05) is 0 Å². The molecule has 2 N–H and O–H groups in total. The number of furan rings is 2. The Bertz CT molecular complexity index is 1130. The van der Waals surface area contributed by atoms with Crippen LogP contribution in [0.4, 0.5) is 0 Å². The zero-order chi connectivity index (χ0) is 18.7. The van der Waals surface area contributed by atoms with Crippen LogP contribution in [0.15, 0.2) is 51.0 Å². The van der Waals surface area contributed by atoms with E-state index < -0.39 is 5.78 Å². The van der Waals surface area contributed by atoms with Crippen molar-refractivity contribution in [2.24, 2.45) is 0 Å². The predicted octanol–water partition coefficient (Wildman–Crippen LogP) is 6.87. The summed E-state index contributed by atoms with van der Waals surface area (Å²) in [4.78, 5) is 12.8. The number of carbonyl (C=O) groups is 1. The molecule has 9 heteroatoms.